The molecular weight excluding hydrogens is 328 g/mol. The molecule has 0 aliphatic carbocycles. The van der Waals surface area contributed by atoms with Gasteiger partial charge in [-0.15, -0.1) is 0 Å². The zero-order valence-corrected chi connectivity index (χ0v) is 15.0. The summed E-state index contributed by atoms with van der Waals surface area (Å²) in [5.74, 6) is 0. The first-order chi connectivity index (χ1) is 10.9. The molecule has 0 bridgehead atoms. The fourth-order valence-electron chi connectivity index (χ4n) is 2.19. The van der Waals surface area contributed by atoms with Gasteiger partial charge in [-0.05, 0) is 43.2 Å². The molecular formula is C17H22N2O2S2. The lowest BCUT2D eigenvalue weighted by Gasteiger charge is -2.16. The number of primary sulfonamides is 1. The lowest BCUT2D eigenvalue weighted by atomic mass is 10.2. The van der Waals surface area contributed by atoms with Crippen LogP contribution in [0.15, 0.2) is 57.2 Å². The second-order valence-electron chi connectivity index (χ2n) is 5.38. The third-order valence-corrected chi connectivity index (χ3v) is 5.53. The first kappa shape index (κ1) is 17.8. The highest BCUT2D eigenvalue weighted by Crippen LogP contribution is 2.39. The third-order valence-electron chi connectivity index (χ3n) is 3.31. The number of benzene rings is 2. The quantitative estimate of drug-likeness (QED) is 0.740. The van der Waals surface area contributed by atoms with Gasteiger partial charge in [0.2, 0.25) is 10.0 Å². The highest BCUT2D eigenvalue weighted by Gasteiger charge is 2.19. The average Bonchev–Trinajstić information content (AvgIpc) is 2.49. The summed E-state index contributed by atoms with van der Waals surface area (Å²) in [6.45, 7) is 4.79. The summed E-state index contributed by atoms with van der Waals surface area (Å²) in [6, 6.07) is 13.3. The van der Waals surface area contributed by atoms with Crippen LogP contribution in [-0.2, 0) is 10.0 Å². The van der Waals surface area contributed by atoms with E-state index in [1.165, 1.54) is 11.8 Å². The number of sulfonamides is 1. The number of nitrogens with two attached hydrogens (primary N) is 1. The molecule has 2 aromatic carbocycles. The van der Waals surface area contributed by atoms with Gasteiger partial charge in [-0.25, -0.2) is 13.6 Å². The van der Waals surface area contributed by atoms with Gasteiger partial charge in [-0.3, -0.25) is 0 Å². The summed E-state index contributed by atoms with van der Waals surface area (Å²) in [5.41, 5.74) is 1.68. The van der Waals surface area contributed by atoms with Gasteiger partial charge in [0, 0.05) is 17.1 Å². The van der Waals surface area contributed by atoms with Gasteiger partial charge in [-0.1, -0.05) is 43.3 Å². The standard InChI is InChI=1S/C17H22N2O2S2/c1-3-4-10-19-15-11-13(2)12-16(23(18,20)21)17(15)22-14-8-6-5-7-9-14/h5-9,11-12,19H,3-4,10H2,1-2H3,(H2,18,20,21). The van der Waals surface area contributed by atoms with Gasteiger partial charge in [0.25, 0.3) is 0 Å². The van der Waals surface area contributed by atoms with Crippen LogP contribution in [0.3, 0.4) is 0 Å². The van der Waals surface area contributed by atoms with Crippen LogP contribution in [0, 0.1) is 6.92 Å². The van der Waals surface area contributed by atoms with E-state index in [4.69, 9.17) is 5.14 Å². The maximum absolute atomic E-state index is 12.0. The summed E-state index contributed by atoms with van der Waals surface area (Å²) in [4.78, 5) is 1.80. The minimum atomic E-state index is -3.79. The third kappa shape index (κ3) is 4.99. The van der Waals surface area contributed by atoms with Gasteiger partial charge in [0.15, 0.2) is 0 Å². The highest BCUT2D eigenvalue weighted by atomic mass is 32.2. The summed E-state index contributed by atoms with van der Waals surface area (Å²) in [7, 11) is -3.79. The molecule has 0 saturated carbocycles. The molecule has 0 spiro atoms. The number of nitrogens with one attached hydrogen (secondary N) is 1. The Bertz CT molecular complexity index is 760. The van der Waals surface area contributed by atoms with E-state index in [0.29, 0.717) is 4.90 Å². The van der Waals surface area contributed by atoms with E-state index >= 15 is 0 Å². The number of anilines is 1. The smallest absolute Gasteiger partial charge is 0.239 e. The first-order valence-electron chi connectivity index (χ1n) is 7.56. The van der Waals surface area contributed by atoms with Crippen molar-refractivity contribution in [2.75, 3.05) is 11.9 Å². The number of hydrogen-bond acceptors (Lipinski definition) is 4. The van der Waals surface area contributed by atoms with Crippen molar-refractivity contribution in [3.63, 3.8) is 0 Å². The highest BCUT2D eigenvalue weighted by molar-refractivity contribution is 8.00. The van der Waals surface area contributed by atoms with Gasteiger partial charge >= 0.3 is 0 Å². The molecule has 4 nitrogen and oxygen atoms in total. The number of hydrogen-bond donors (Lipinski definition) is 2. The van der Waals surface area contributed by atoms with Crippen LogP contribution in [0.4, 0.5) is 5.69 Å². The summed E-state index contributed by atoms with van der Waals surface area (Å²) >= 11 is 1.41. The zero-order valence-electron chi connectivity index (χ0n) is 13.4. The minimum absolute atomic E-state index is 0.172. The molecule has 6 heteroatoms. The van der Waals surface area contributed by atoms with Crippen molar-refractivity contribution in [3.8, 4) is 0 Å². The Hall–Kier alpha value is -1.50. The van der Waals surface area contributed by atoms with Crippen LogP contribution in [0.5, 0.6) is 0 Å². The summed E-state index contributed by atoms with van der Waals surface area (Å²) in [5, 5.41) is 8.78. The van der Waals surface area contributed by atoms with Crippen molar-refractivity contribution in [2.24, 2.45) is 5.14 Å². The molecule has 0 aliphatic rings. The van der Waals surface area contributed by atoms with Gasteiger partial charge < -0.3 is 5.32 Å². The van der Waals surface area contributed by atoms with E-state index in [0.717, 1.165) is 35.5 Å². The Morgan fingerprint density at radius 2 is 1.87 bits per heavy atom. The van der Waals surface area contributed by atoms with Gasteiger partial charge in [0.1, 0.15) is 0 Å². The van der Waals surface area contributed by atoms with E-state index in [-0.39, 0.29) is 4.90 Å². The maximum atomic E-state index is 12.0. The van der Waals surface area contributed by atoms with Crippen molar-refractivity contribution in [3.05, 3.63) is 48.0 Å². The van der Waals surface area contributed by atoms with E-state index in [2.05, 4.69) is 12.2 Å². The van der Waals surface area contributed by atoms with Crippen LogP contribution in [0.25, 0.3) is 0 Å². The molecule has 0 aromatic heterocycles. The van der Waals surface area contributed by atoms with Crippen molar-refractivity contribution >= 4 is 27.5 Å². The SMILES string of the molecule is CCCCNc1cc(C)cc(S(N)(=O)=O)c1Sc1ccccc1. The van der Waals surface area contributed by atoms with Gasteiger partial charge in [0.05, 0.1) is 9.79 Å². The molecule has 3 N–H and O–H groups in total. The lowest BCUT2D eigenvalue weighted by molar-refractivity contribution is 0.595. The largest absolute Gasteiger partial charge is 0.384 e. The van der Waals surface area contributed by atoms with Gasteiger partial charge in [-0.2, -0.15) is 0 Å². The van der Waals surface area contributed by atoms with Crippen LogP contribution in [0.1, 0.15) is 25.3 Å². The molecule has 2 aromatic rings. The van der Waals surface area contributed by atoms with Crippen molar-refractivity contribution in [2.45, 2.75) is 41.4 Å². The van der Waals surface area contributed by atoms with Crippen LogP contribution >= 0.6 is 11.8 Å². The van der Waals surface area contributed by atoms with Crippen LogP contribution in [-0.4, -0.2) is 15.0 Å². The molecule has 0 atom stereocenters. The van der Waals surface area contributed by atoms with Crippen molar-refractivity contribution < 1.29 is 8.42 Å². The van der Waals surface area contributed by atoms with E-state index in [1.54, 1.807) is 6.07 Å². The van der Waals surface area contributed by atoms with E-state index in [1.807, 2.05) is 43.3 Å². The van der Waals surface area contributed by atoms with Crippen LogP contribution in [0.2, 0.25) is 0 Å². The Balaban J connectivity index is 2.49. The molecule has 23 heavy (non-hydrogen) atoms. The number of rotatable bonds is 7. The summed E-state index contributed by atoms with van der Waals surface area (Å²) < 4.78 is 24.0. The fourth-order valence-corrected chi connectivity index (χ4v) is 4.32. The molecule has 2 rings (SSSR count). The van der Waals surface area contributed by atoms with Crippen molar-refractivity contribution in [1.82, 2.24) is 0 Å². The van der Waals surface area contributed by atoms with Crippen LogP contribution < -0.4 is 10.5 Å². The first-order valence-corrected chi connectivity index (χ1v) is 9.92. The number of aryl methyl sites for hydroxylation is 1. The summed E-state index contributed by atoms with van der Waals surface area (Å²) in [6.07, 6.45) is 2.09. The molecule has 0 amide bonds. The molecule has 0 saturated heterocycles. The Morgan fingerprint density at radius 1 is 1.17 bits per heavy atom. The Kier molecular flexibility index (Phi) is 6.10. The predicted octanol–water partition coefficient (Wildman–Crippen LogP) is 4.01. The Labute approximate surface area is 142 Å². The molecule has 0 aliphatic heterocycles. The maximum Gasteiger partial charge on any atom is 0.239 e. The molecule has 0 fully saturated rings. The Morgan fingerprint density at radius 3 is 2.48 bits per heavy atom. The number of unbranched alkanes of at least 4 members (excludes halogenated alkanes) is 1. The monoisotopic (exact) mass is 350 g/mol. The zero-order chi connectivity index (χ0) is 16.9. The molecule has 0 radical (unpaired) electrons. The lowest BCUT2D eigenvalue weighted by Crippen LogP contribution is -2.15. The molecule has 0 heterocycles. The fraction of sp³-hybridized carbons (Fsp3) is 0.294. The average molecular weight is 351 g/mol. The topological polar surface area (TPSA) is 72.2 Å². The normalized spacial score (nSPS) is 11.4. The minimum Gasteiger partial charge on any atom is -0.384 e. The predicted molar refractivity (Wildman–Crippen MR) is 96.5 cm³/mol. The van der Waals surface area contributed by atoms with Crippen molar-refractivity contribution in [1.29, 1.82) is 0 Å². The van der Waals surface area contributed by atoms with E-state index < -0.39 is 10.0 Å². The molecule has 0 unspecified atom stereocenters. The second-order valence-corrected chi connectivity index (χ2v) is 7.99. The second kappa shape index (κ2) is 7.86. The molecule has 124 valence electrons. The van der Waals surface area contributed by atoms with E-state index in [9.17, 15) is 8.42 Å².